The Hall–Kier alpha value is -2.47. The quantitative estimate of drug-likeness (QED) is 0.773. The van der Waals surface area contributed by atoms with E-state index in [0.717, 1.165) is 24.0 Å². The van der Waals surface area contributed by atoms with Gasteiger partial charge >= 0.3 is 0 Å². The number of carbonyl (C=O) groups excluding carboxylic acids is 1. The van der Waals surface area contributed by atoms with Crippen LogP contribution in [0.4, 0.5) is 4.39 Å². The molecule has 3 heteroatoms. The third-order valence-corrected chi connectivity index (χ3v) is 4.08. The molecule has 1 aromatic carbocycles. The highest BCUT2D eigenvalue weighted by atomic mass is 19.1. The maximum Gasteiger partial charge on any atom is 0.160 e. The molecule has 2 rings (SSSR count). The topological polar surface area (TPSA) is 40.9 Å². The average Bonchev–Trinajstić information content (AvgIpc) is 2.75. The van der Waals surface area contributed by atoms with E-state index in [1.165, 1.54) is 13.0 Å². The number of Topliss-reactive ketones (excluding diaryl/α,β-unsaturated/α-hetero) is 1. The summed E-state index contributed by atoms with van der Waals surface area (Å²) < 4.78 is 13.2. The van der Waals surface area contributed by atoms with Crippen LogP contribution in [0.15, 0.2) is 59.2 Å². The summed E-state index contributed by atoms with van der Waals surface area (Å²) in [5.41, 5.74) is 3.08. The van der Waals surface area contributed by atoms with E-state index in [9.17, 15) is 9.18 Å². The lowest BCUT2D eigenvalue weighted by molar-refractivity contribution is -0.113. The van der Waals surface area contributed by atoms with Crippen molar-refractivity contribution in [2.24, 2.45) is 5.92 Å². The first-order valence-corrected chi connectivity index (χ1v) is 7.79. The van der Waals surface area contributed by atoms with E-state index in [4.69, 9.17) is 5.26 Å². The summed E-state index contributed by atoms with van der Waals surface area (Å²) in [7, 11) is 0. The molecular weight excluding hydrogens is 289 g/mol. The van der Waals surface area contributed by atoms with Crippen LogP contribution in [0.3, 0.4) is 0 Å². The third kappa shape index (κ3) is 4.50. The number of nitrogens with zero attached hydrogens (tertiary/aromatic N) is 1. The SMILES string of the molecule is CC(=O)C1=CC(C#N)=CCC=C1C(C)CCc1cccc(F)c1.[HH]. The summed E-state index contributed by atoms with van der Waals surface area (Å²) in [6, 6.07) is 8.72. The van der Waals surface area contributed by atoms with Crippen molar-refractivity contribution < 1.29 is 10.6 Å². The second kappa shape index (κ2) is 7.69. The minimum Gasteiger partial charge on any atom is -0.295 e. The molecule has 0 saturated heterocycles. The zero-order chi connectivity index (χ0) is 16.8. The summed E-state index contributed by atoms with van der Waals surface area (Å²) in [6.45, 7) is 3.60. The van der Waals surface area contributed by atoms with Crippen molar-refractivity contribution in [3.8, 4) is 6.07 Å². The van der Waals surface area contributed by atoms with Gasteiger partial charge in [-0.05, 0) is 61.4 Å². The monoisotopic (exact) mass is 311 g/mol. The van der Waals surface area contributed by atoms with Crippen LogP contribution in [0.5, 0.6) is 0 Å². The molecule has 2 nitrogen and oxygen atoms in total. The Morgan fingerprint density at radius 1 is 1.43 bits per heavy atom. The molecule has 0 fully saturated rings. The lowest BCUT2D eigenvalue weighted by atomic mass is 9.87. The van der Waals surface area contributed by atoms with E-state index >= 15 is 0 Å². The number of carbonyl (C=O) groups is 1. The second-order valence-electron chi connectivity index (χ2n) is 5.85. The van der Waals surface area contributed by atoms with Crippen LogP contribution in [0.1, 0.15) is 33.7 Å². The fraction of sp³-hybridized carbons (Fsp3) is 0.300. The molecule has 1 aliphatic carbocycles. The third-order valence-electron chi connectivity index (χ3n) is 4.08. The van der Waals surface area contributed by atoms with Gasteiger partial charge in [-0.2, -0.15) is 5.26 Å². The van der Waals surface area contributed by atoms with Gasteiger partial charge in [0.15, 0.2) is 5.78 Å². The van der Waals surface area contributed by atoms with E-state index < -0.39 is 0 Å². The zero-order valence-electron chi connectivity index (χ0n) is 13.5. The van der Waals surface area contributed by atoms with Crippen molar-refractivity contribution in [3.05, 3.63) is 70.6 Å². The van der Waals surface area contributed by atoms with Crippen LogP contribution in [0.25, 0.3) is 0 Å². The van der Waals surface area contributed by atoms with Crippen LogP contribution >= 0.6 is 0 Å². The zero-order valence-corrected chi connectivity index (χ0v) is 13.5. The Kier molecular flexibility index (Phi) is 5.65. The molecule has 1 atom stereocenters. The smallest absolute Gasteiger partial charge is 0.160 e. The summed E-state index contributed by atoms with van der Waals surface area (Å²) in [6.07, 6.45) is 7.75. The Morgan fingerprint density at radius 2 is 2.22 bits per heavy atom. The molecule has 120 valence electrons. The first kappa shape index (κ1) is 16.9. The molecule has 0 amide bonds. The van der Waals surface area contributed by atoms with Gasteiger partial charge in [-0.1, -0.05) is 31.2 Å². The summed E-state index contributed by atoms with van der Waals surface area (Å²) >= 11 is 0. The normalized spacial score (nSPS) is 15.7. The Morgan fingerprint density at radius 3 is 2.87 bits per heavy atom. The lowest BCUT2D eigenvalue weighted by Gasteiger charge is -2.17. The fourth-order valence-corrected chi connectivity index (χ4v) is 2.80. The number of hydrogen-bond donors (Lipinski definition) is 0. The van der Waals surface area contributed by atoms with Gasteiger partial charge in [0.25, 0.3) is 0 Å². The van der Waals surface area contributed by atoms with Crippen molar-refractivity contribution in [3.63, 3.8) is 0 Å². The molecule has 1 aliphatic rings. The summed E-state index contributed by atoms with van der Waals surface area (Å²) in [4.78, 5) is 12.0. The molecule has 1 aromatic rings. The maximum absolute atomic E-state index is 13.2. The predicted octanol–water partition coefficient (Wildman–Crippen LogP) is 4.94. The van der Waals surface area contributed by atoms with Crippen molar-refractivity contribution in [1.82, 2.24) is 0 Å². The van der Waals surface area contributed by atoms with Gasteiger partial charge in [0, 0.05) is 12.6 Å². The molecule has 23 heavy (non-hydrogen) atoms. The predicted molar refractivity (Wildman–Crippen MR) is 91.2 cm³/mol. The molecule has 0 N–H and O–H groups in total. The molecule has 0 spiro atoms. The van der Waals surface area contributed by atoms with Gasteiger partial charge in [-0.25, -0.2) is 4.39 Å². The van der Waals surface area contributed by atoms with E-state index in [-0.39, 0.29) is 18.9 Å². The molecule has 0 aliphatic heterocycles. The van der Waals surface area contributed by atoms with Crippen molar-refractivity contribution in [1.29, 1.82) is 5.26 Å². The van der Waals surface area contributed by atoms with Gasteiger partial charge in [-0.15, -0.1) is 0 Å². The number of halogens is 1. The second-order valence-corrected chi connectivity index (χ2v) is 5.85. The highest BCUT2D eigenvalue weighted by Crippen LogP contribution is 2.28. The van der Waals surface area contributed by atoms with Crippen molar-refractivity contribution in [2.45, 2.75) is 33.1 Å². The molecule has 1 unspecified atom stereocenters. The maximum atomic E-state index is 13.2. The van der Waals surface area contributed by atoms with Crippen LogP contribution in [0, 0.1) is 23.1 Å². The van der Waals surface area contributed by atoms with Crippen LogP contribution in [-0.4, -0.2) is 5.78 Å². The Labute approximate surface area is 138 Å². The van der Waals surface area contributed by atoms with Gasteiger partial charge in [0.1, 0.15) is 5.82 Å². The van der Waals surface area contributed by atoms with Crippen LogP contribution in [-0.2, 0) is 11.2 Å². The van der Waals surface area contributed by atoms with Gasteiger partial charge < -0.3 is 0 Å². The van der Waals surface area contributed by atoms with E-state index in [1.807, 2.05) is 18.2 Å². The van der Waals surface area contributed by atoms with Crippen molar-refractivity contribution in [2.75, 3.05) is 0 Å². The number of ketones is 1. The van der Waals surface area contributed by atoms with E-state index in [0.29, 0.717) is 17.6 Å². The first-order chi connectivity index (χ1) is 11.0. The van der Waals surface area contributed by atoms with Crippen molar-refractivity contribution >= 4 is 5.78 Å². The molecular formula is C20H22FNO. The number of allylic oxidation sites excluding steroid dienone is 6. The van der Waals surface area contributed by atoms with E-state index in [1.54, 1.807) is 18.2 Å². The molecule has 0 bridgehead atoms. The molecule has 0 radical (unpaired) electrons. The number of aryl methyl sites for hydroxylation is 1. The minimum absolute atomic E-state index is 0. The fourth-order valence-electron chi connectivity index (χ4n) is 2.80. The van der Waals surface area contributed by atoms with Gasteiger partial charge in [0.05, 0.1) is 6.07 Å². The van der Waals surface area contributed by atoms with Crippen LogP contribution < -0.4 is 0 Å². The lowest BCUT2D eigenvalue weighted by Crippen LogP contribution is -2.09. The molecule has 0 heterocycles. The highest BCUT2D eigenvalue weighted by Gasteiger charge is 2.18. The summed E-state index contributed by atoms with van der Waals surface area (Å²) in [5.74, 6) is -0.0900. The van der Waals surface area contributed by atoms with Gasteiger partial charge in [0.2, 0.25) is 0 Å². The first-order valence-electron chi connectivity index (χ1n) is 7.79. The summed E-state index contributed by atoms with van der Waals surface area (Å²) in [5, 5.41) is 9.09. The molecule has 0 aromatic heterocycles. The standard InChI is InChI=1S/C20H20FNO.H2/c1-14(9-10-16-5-3-7-18(21)11-16)19-8-4-6-17(13-22)12-20(19)15(2)23;/h3,5-8,11-12,14H,4,9-10H2,1-2H3;1H. The largest absolute Gasteiger partial charge is 0.295 e. The number of nitriles is 1. The highest BCUT2D eigenvalue weighted by molar-refractivity contribution is 5.98. The number of benzene rings is 1. The van der Waals surface area contributed by atoms with Gasteiger partial charge in [-0.3, -0.25) is 4.79 Å². The Balaban J connectivity index is 0.00000288. The minimum atomic E-state index is -0.226. The Bertz CT molecular complexity index is 740. The molecule has 0 saturated carbocycles. The van der Waals surface area contributed by atoms with E-state index in [2.05, 4.69) is 13.0 Å². The van der Waals surface area contributed by atoms with Crippen LogP contribution in [0.2, 0.25) is 0 Å². The number of hydrogen-bond acceptors (Lipinski definition) is 2. The number of rotatable bonds is 5. The average molecular weight is 311 g/mol.